The summed E-state index contributed by atoms with van der Waals surface area (Å²) in [6.45, 7) is 2.19. The Kier molecular flexibility index (Phi) is 2.91. The molecule has 24 heavy (non-hydrogen) atoms. The average molecular weight is 322 g/mol. The van der Waals surface area contributed by atoms with Gasteiger partial charge >= 0.3 is 0 Å². The summed E-state index contributed by atoms with van der Waals surface area (Å²) in [6.07, 6.45) is 13.6. The van der Waals surface area contributed by atoms with E-state index in [-0.39, 0.29) is 6.04 Å². The van der Waals surface area contributed by atoms with E-state index in [0.29, 0.717) is 12.0 Å². The third kappa shape index (κ3) is 1.82. The number of fused-ring (bicyclic) bond motifs is 3. The molecule has 5 rings (SSSR count). The first-order valence-corrected chi connectivity index (χ1v) is 8.41. The Morgan fingerprint density at radius 1 is 1.25 bits per heavy atom. The van der Waals surface area contributed by atoms with Gasteiger partial charge in [0.2, 0.25) is 5.95 Å². The number of aromatic nitrogens is 7. The molecule has 1 fully saturated rings. The zero-order chi connectivity index (χ0) is 16.1. The van der Waals surface area contributed by atoms with E-state index < -0.39 is 0 Å². The zero-order valence-electron chi connectivity index (χ0n) is 13.4. The monoisotopic (exact) mass is 322 g/mol. The molecule has 4 heterocycles. The van der Waals surface area contributed by atoms with Crippen molar-refractivity contribution in [3.8, 4) is 11.6 Å². The Bertz CT molecular complexity index is 864. The highest BCUT2D eigenvalue weighted by Crippen LogP contribution is 2.43. The lowest BCUT2D eigenvalue weighted by Gasteiger charge is -2.45. The molecule has 1 aliphatic carbocycles. The van der Waals surface area contributed by atoms with Crippen molar-refractivity contribution in [2.24, 2.45) is 0 Å². The molecule has 8 heteroatoms. The van der Waals surface area contributed by atoms with Gasteiger partial charge in [0.15, 0.2) is 11.6 Å². The van der Waals surface area contributed by atoms with Gasteiger partial charge in [-0.3, -0.25) is 9.13 Å². The van der Waals surface area contributed by atoms with Gasteiger partial charge in [-0.15, -0.1) is 10.2 Å². The molecule has 0 saturated heterocycles. The highest BCUT2D eigenvalue weighted by Gasteiger charge is 2.39. The van der Waals surface area contributed by atoms with Crippen LogP contribution >= 0.6 is 0 Å². The first-order valence-electron chi connectivity index (χ1n) is 8.41. The lowest BCUT2D eigenvalue weighted by Crippen LogP contribution is -2.46. The number of hydrogen-bond acceptors (Lipinski definition) is 6. The van der Waals surface area contributed by atoms with Crippen molar-refractivity contribution in [3.63, 3.8) is 0 Å². The van der Waals surface area contributed by atoms with Crippen molar-refractivity contribution in [1.29, 1.82) is 0 Å². The summed E-state index contributed by atoms with van der Waals surface area (Å²) >= 11 is 0. The molecule has 0 spiro atoms. The third-order valence-electron chi connectivity index (χ3n) is 5.04. The Hall–Kier alpha value is -2.77. The van der Waals surface area contributed by atoms with E-state index in [1.54, 1.807) is 18.9 Å². The SMILES string of the molecule is CCC1c2nncn2-c2cnc(-n3ccnc3)nc2N1C1CCC1. The van der Waals surface area contributed by atoms with Crippen molar-refractivity contribution in [2.75, 3.05) is 4.90 Å². The Balaban J connectivity index is 1.71. The van der Waals surface area contributed by atoms with Crippen molar-refractivity contribution >= 4 is 5.82 Å². The Morgan fingerprint density at radius 3 is 2.88 bits per heavy atom. The van der Waals surface area contributed by atoms with Gasteiger partial charge in [0, 0.05) is 18.4 Å². The summed E-state index contributed by atoms with van der Waals surface area (Å²) in [6, 6.07) is 0.723. The van der Waals surface area contributed by atoms with Crippen molar-refractivity contribution < 1.29 is 0 Å². The average Bonchev–Trinajstić information content (AvgIpc) is 3.24. The van der Waals surface area contributed by atoms with E-state index in [1.807, 2.05) is 21.5 Å². The predicted molar refractivity (Wildman–Crippen MR) is 87.2 cm³/mol. The fraction of sp³-hybridized carbons (Fsp3) is 0.438. The summed E-state index contributed by atoms with van der Waals surface area (Å²) in [5.41, 5.74) is 0.954. The summed E-state index contributed by atoms with van der Waals surface area (Å²) < 4.78 is 3.86. The molecule has 0 aromatic carbocycles. The van der Waals surface area contributed by atoms with Gasteiger partial charge in [0.1, 0.15) is 18.3 Å². The smallest absolute Gasteiger partial charge is 0.236 e. The van der Waals surface area contributed by atoms with Crippen LogP contribution in [-0.4, -0.2) is 40.3 Å². The summed E-state index contributed by atoms with van der Waals surface area (Å²) in [4.78, 5) is 15.9. The largest absolute Gasteiger partial charge is 0.341 e. The van der Waals surface area contributed by atoms with Gasteiger partial charge in [-0.05, 0) is 25.7 Å². The second-order valence-electron chi connectivity index (χ2n) is 6.32. The quantitative estimate of drug-likeness (QED) is 0.734. The van der Waals surface area contributed by atoms with Crippen LogP contribution in [0.15, 0.2) is 31.2 Å². The van der Waals surface area contributed by atoms with Gasteiger partial charge in [-0.2, -0.15) is 4.98 Å². The van der Waals surface area contributed by atoms with E-state index in [1.165, 1.54) is 19.3 Å². The normalized spacial score (nSPS) is 19.7. The number of anilines is 1. The molecular formula is C16H18N8. The summed E-state index contributed by atoms with van der Waals surface area (Å²) in [5, 5.41) is 8.50. The molecule has 0 radical (unpaired) electrons. The van der Waals surface area contributed by atoms with Crippen LogP contribution in [0.4, 0.5) is 5.82 Å². The van der Waals surface area contributed by atoms with Crippen molar-refractivity contribution in [3.05, 3.63) is 37.1 Å². The Morgan fingerprint density at radius 2 is 2.17 bits per heavy atom. The fourth-order valence-electron chi connectivity index (χ4n) is 3.62. The minimum atomic E-state index is 0.204. The minimum Gasteiger partial charge on any atom is -0.341 e. The maximum absolute atomic E-state index is 4.88. The molecule has 3 aromatic heterocycles. The predicted octanol–water partition coefficient (Wildman–Crippen LogP) is 2.07. The number of imidazole rings is 1. The maximum atomic E-state index is 4.88. The van der Waals surface area contributed by atoms with Crippen LogP contribution in [0.5, 0.6) is 0 Å². The Labute approximate surface area is 139 Å². The molecular weight excluding hydrogens is 304 g/mol. The molecule has 3 aromatic rings. The van der Waals surface area contributed by atoms with Crippen LogP contribution in [0.25, 0.3) is 11.6 Å². The van der Waals surface area contributed by atoms with E-state index in [0.717, 1.165) is 23.8 Å². The van der Waals surface area contributed by atoms with Crippen molar-refractivity contribution in [2.45, 2.75) is 44.7 Å². The first-order chi connectivity index (χ1) is 11.9. The van der Waals surface area contributed by atoms with E-state index in [9.17, 15) is 0 Å². The van der Waals surface area contributed by atoms with Crippen LogP contribution in [-0.2, 0) is 0 Å². The van der Waals surface area contributed by atoms with Crippen molar-refractivity contribution in [1.82, 2.24) is 34.3 Å². The molecule has 2 aliphatic rings. The summed E-state index contributed by atoms with van der Waals surface area (Å²) in [7, 11) is 0. The van der Waals surface area contributed by atoms with E-state index in [2.05, 4.69) is 32.0 Å². The second-order valence-corrected chi connectivity index (χ2v) is 6.32. The molecule has 1 unspecified atom stereocenters. The molecule has 1 saturated carbocycles. The van der Waals surface area contributed by atoms with Crippen LogP contribution in [0.1, 0.15) is 44.5 Å². The standard InChI is InChI=1S/C16H18N8/c1-2-12-15-21-19-10-23(15)13-8-18-16(22-7-6-17-9-22)20-14(13)24(12)11-4-3-5-11/h6-12H,2-5H2,1H3. The molecule has 0 amide bonds. The lowest BCUT2D eigenvalue weighted by atomic mass is 9.89. The van der Waals surface area contributed by atoms with Crippen LogP contribution in [0.2, 0.25) is 0 Å². The first kappa shape index (κ1) is 13.6. The number of rotatable bonds is 3. The van der Waals surface area contributed by atoms with Gasteiger partial charge in [-0.25, -0.2) is 9.97 Å². The van der Waals surface area contributed by atoms with Crippen LogP contribution in [0.3, 0.4) is 0 Å². The number of hydrogen-bond donors (Lipinski definition) is 0. The van der Waals surface area contributed by atoms with Gasteiger partial charge in [-0.1, -0.05) is 6.92 Å². The van der Waals surface area contributed by atoms with Crippen LogP contribution in [0, 0.1) is 0 Å². The lowest BCUT2D eigenvalue weighted by molar-refractivity contribution is 0.341. The maximum Gasteiger partial charge on any atom is 0.236 e. The topological polar surface area (TPSA) is 77.5 Å². The molecule has 0 N–H and O–H groups in total. The second kappa shape index (κ2) is 5.12. The fourth-order valence-corrected chi connectivity index (χ4v) is 3.62. The van der Waals surface area contributed by atoms with E-state index in [4.69, 9.17) is 4.98 Å². The van der Waals surface area contributed by atoms with Gasteiger partial charge < -0.3 is 4.90 Å². The highest BCUT2D eigenvalue weighted by molar-refractivity contribution is 5.62. The minimum absolute atomic E-state index is 0.204. The van der Waals surface area contributed by atoms with E-state index >= 15 is 0 Å². The van der Waals surface area contributed by atoms with Gasteiger partial charge in [0.25, 0.3) is 0 Å². The molecule has 0 bridgehead atoms. The number of nitrogens with zero attached hydrogens (tertiary/aromatic N) is 8. The summed E-state index contributed by atoms with van der Waals surface area (Å²) in [5.74, 6) is 2.59. The third-order valence-corrected chi connectivity index (χ3v) is 5.04. The van der Waals surface area contributed by atoms with Gasteiger partial charge in [0.05, 0.1) is 12.2 Å². The highest BCUT2D eigenvalue weighted by atomic mass is 15.4. The van der Waals surface area contributed by atoms with Crippen LogP contribution < -0.4 is 4.90 Å². The molecule has 8 nitrogen and oxygen atoms in total. The molecule has 122 valence electrons. The molecule has 1 aliphatic heterocycles. The zero-order valence-corrected chi connectivity index (χ0v) is 13.4. The molecule has 1 atom stereocenters.